The van der Waals surface area contributed by atoms with Gasteiger partial charge in [0.1, 0.15) is 24.2 Å². The van der Waals surface area contributed by atoms with Crippen molar-refractivity contribution in [1.29, 1.82) is 0 Å². The van der Waals surface area contributed by atoms with Gasteiger partial charge in [0, 0.05) is 33.1 Å². The van der Waals surface area contributed by atoms with Crippen molar-refractivity contribution >= 4 is 27.7 Å². The Bertz CT molecular complexity index is 1420. The molecule has 1 N–H and O–H groups in total. The van der Waals surface area contributed by atoms with Crippen molar-refractivity contribution in [3.05, 3.63) is 102 Å². The van der Waals surface area contributed by atoms with Crippen molar-refractivity contribution in [2.45, 2.75) is 45.3 Å². The number of hydrogen-bond acceptors (Lipinski definition) is 4. The van der Waals surface area contributed by atoms with Crippen LogP contribution in [0.5, 0.6) is 0 Å². The predicted molar refractivity (Wildman–Crippen MR) is 155 cm³/mol. The third-order valence-corrected chi connectivity index (χ3v) is 8.48. The first-order valence-corrected chi connectivity index (χ1v) is 14.7. The van der Waals surface area contributed by atoms with E-state index in [4.69, 9.17) is 0 Å². The van der Waals surface area contributed by atoms with Crippen LogP contribution in [0.3, 0.4) is 0 Å². The minimum Gasteiger partial charge on any atom is -0.352 e. The highest BCUT2D eigenvalue weighted by molar-refractivity contribution is 7.90. The molecule has 41 heavy (non-hydrogen) atoms. The average Bonchev–Trinajstić information content (AvgIpc) is 2.95. The van der Waals surface area contributed by atoms with E-state index in [9.17, 15) is 26.8 Å². The van der Waals surface area contributed by atoms with E-state index in [-0.39, 0.29) is 24.7 Å². The molecule has 3 aromatic rings. The lowest BCUT2D eigenvalue weighted by molar-refractivity contribution is -0.140. The lowest BCUT2D eigenvalue weighted by Crippen LogP contribution is -2.55. The number of benzene rings is 3. The van der Waals surface area contributed by atoms with Gasteiger partial charge in [0.25, 0.3) is 0 Å². The van der Waals surface area contributed by atoms with Gasteiger partial charge in [-0.15, -0.1) is 0 Å². The summed E-state index contributed by atoms with van der Waals surface area (Å²) >= 11 is 0. The SMILES string of the molecule is CCC(C)NC(=O)C(Cc1ccccc1)N(Cc1ccc(F)cc1)C(=O)CN(c1ccccc1F)S(=O)(=O)N(C)C. The molecule has 0 radical (unpaired) electrons. The maximum absolute atomic E-state index is 14.9. The van der Waals surface area contributed by atoms with E-state index in [2.05, 4.69) is 5.32 Å². The van der Waals surface area contributed by atoms with E-state index in [0.29, 0.717) is 16.3 Å². The molecule has 0 saturated carbocycles. The molecule has 0 fully saturated rings. The Morgan fingerprint density at radius 1 is 0.878 bits per heavy atom. The van der Waals surface area contributed by atoms with E-state index < -0.39 is 46.2 Å². The number of carbonyl (C=O) groups excluding carboxylic acids is 2. The molecular formula is C30H36F2N4O4S. The van der Waals surface area contributed by atoms with Crippen molar-refractivity contribution in [2.75, 3.05) is 24.9 Å². The molecule has 11 heteroatoms. The second-order valence-electron chi connectivity index (χ2n) is 9.92. The molecule has 0 heterocycles. The van der Waals surface area contributed by atoms with Crippen LogP contribution in [-0.2, 0) is 32.8 Å². The maximum Gasteiger partial charge on any atom is 0.304 e. The minimum absolute atomic E-state index is 0.113. The lowest BCUT2D eigenvalue weighted by Gasteiger charge is -2.35. The van der Waals surface area contributed by atoms with Crippen LogP contribution in [0.2, 0.25) is 0 Å². The first-order valence-electron chi connectivity index (χ1n) is 13.3. The molecule has 3 aromatic carbocycles. The molecule has 0 aliphatic rings. The Balaban J connectivity index is 2.10. The quantitative estimate of drug-likeness (QED) is 0.326. The van der Waals surface area contributed by atoms with Crippen molar-refractivity contribution in [3.8, 4) is 0 Å². The Kier molecular flexibility index (Phi) is 11.0. The molecule has 0 aliphatic carbocycles. The van der Waals surface area contributed by atoms with Crippen molar-refractivity contribution in [1.82, 2.24) is 14.5 Å². The van der Waals surface area contributed by atoms with Gasteiger partial charge in [0.2, 0.25) is 11.8 Å². The number of nitrogens with zero attached hydrogens (tertiary/aromatic N) is 3. The molecule has 0 bridgehead atoms. The summed E-state index contributed by atoms with van der Waals surface area (Å²) in [7, 11) is -1.76. The third kappa shape index (κ3) is 8.34. The zero-order chi connectivity index (χ0) is 30.2. The maximum atomic E-state index is 14.9. The summed E-state index contributed by atoms with van der Waals surface area (Å²) in [4.78, 5) is 29.0. The molecule has 0 aliphatic heterocycles. The van der Waals surface area contributed by atoms with Crippen LogP contribution in [0.15, 0.2) is 78.9 Å². The standard InChI is InChI=1S/C30H36F2N4O4S/c1-5-22(2)33-30(38)28(19-23-11-7-6-8-12-23)35(20-24-15-17-25(31)18-16-24)29(37)21-36(41(39,40)34(3)4)27-14-10-9-13-26(27)32/h6-18,22,28H,5,19-21H2,1-4H3,(H,33,38). The number of rotatable bonds is 13. The number of carbonyl (C=O) groups is 2. The monoisotopic (exact) mass is 586 g/mol. The fourth-order valence-corrected chi connectivity index (χ4v) is 5.20. The highest BCUT2D eigenvalue weighted by Gasteiger charge is 2.35. The molecule has 2 amide bonds. The normalized spacial score (nSPS) is 13.0. The van der Waals surface area contributed by atoms with Crippen LogP contribution >= 0.6 is 0 Å². The molecule has 0 spiro atoms. The van der Waals surface area contributed by atoms with E-state index in [1.54, 1.807) is 0 Å². The molecule has 3 rings (SSSR count). The van der Waals surface area contributed by atoms with Crippen molar-refractivity contribution < 1.29 is 26.8 Å². The molecular weight excluding hydrogens is 550 g/mol. The van der Waals surface area contributed by atoms with Crippen LogP contribution in [-0.4, -0.2) is 62.2 Å². The van der Waals surface area contributed by atoms with E-state index >= 15 is 0 Å². The summed E-state index contributed by atoms with van der Waals surface area (Å²) in [5.74, 6) is -2.45. The van der Waals surface area contributed by atoms with Gasteiger partial charge in [-0.05, 0) is 48.7 Å². The molecule has 0 aromatic heterocycles. The number of para-hydroxylation sites is 1. The summed E-state index contributed by atoms with van der Waals surface area (Å²) in [6, 6.07) is 18.6. The second-order valence-corrected chi connectivity index (χ2v) is 12.0. The minimum atomic E-state index is -4.32. The van der Waals surface area contributed by atoms with Gasteiger partial charge >= 0.3 is 10.2 Å². The van der Waals surface area contributed by atoms with E-state index in [1.165, 1.54) is 61.5 Å². The van der Waals surface area contributed by atoms with Crippen LogP contribution in [0.1, 0.15) is 31.4 Å². The Morgan fingerprint density at radius 3 is 2.07 bits per heavy atom. The molecule has 2 atom stereocenters. The van der Waals surface area contributed by atoms with Gasteiger partial charge in [0.05, 0.1) is 5.69 Å². The van der Waals surface area contributed by atoms with Crippen molar-refractivity contribution in [2.24, 2.45) is 0 Å². The molecule has 220 valence electrons. The Morgan fingerprint density at radius 2 is 1.49 bits per heavy atom. The fourth-order valence-electron chi connectivity index (χ4n) is 4.14. The van der Waals surface area contributed by atoms with Gasteiger partial charge in [-0.2, -0.15) is 12.7 Å². The number of hydrogen-bond donors (Lipinski definition) is 1. The molecule has 0 saturated heterocycles. The van der Waals surface area contributed by atoms with Gasteiger partial charge in [-0.1, -0.05) is 61.5 Å². The third-order valence-electron chi connectivity index (χ3n) is 6.68. The zero-order valence-corrected chi connectivity index (χ0v) is 24.4. The Hall–Kier alpha value is -3.83. The average molecular weight is 587 g/mol. The second kappa shape index (κ2) is 14.2. The van der Waals surface area contributed by atoms with E-state index in [1.807, 2.05) is 44.2 Å². The lowest BCUT2D eigenvalue weighted by atomic mass is 10.0. The van der Waals surface area contributed by atoms with E-state index in [0.717, 1.165) is 15.9 Å². The fraction of sp³-hybridized carbons (Fsp3) is 0.333. The first kappa shape index (κ1) is 31.7. The number of amides is 2. The van der Waals surface area contributed by atoms with Crippen molar-refractivity contribution in [3.63, 3.8) is 0 Å². The summed E-state index contributed by atoms with van der Waals surface area (Å²) < 4.78 is 56.8. The largest absolute Gasteiger partial charge is 0.352 e. The van der Waals surface area contributed by atoms with Gasteiger partial charge in [-0.25, -0.2) is 13.1 Å². The summed E-state index contributed by atoms with van der Waals surface area (Å²) in [5.41, 5.74) is 1.00. The summed E-state index contributed by atoms with van der Waals surface area (Å²) in [6.07, 6.45) is 0.786. The highest BCUT2D eigenvalue weighted by atomic mass is 32.2. The highest BCUT2D eigenvalue weighted by Crippen LogP contribution is 2.24. The number of halogens is 2. The van der Waals surface area contributed by atoms with Crippen LogP contribution < -0.4 is 9.62 Å². The van der Waals surface area contributed by atoms with Gasteiger partial charge in [-0.3, -0.25) is 9.59 Å². The summed E-state index contributed by atoms with van der Waals surface area (Å²) in [5, 5.41) is 2.93. The summed E-state index contributed by atoms with van der Waals surface area (Å²) in [6.45, 7) is 2.87. The van der Waals surface area contributed by atoms with Crippen LogP contribution in [0, 0.1) is 11.6 Å². The van der Waals surface area contributed by atoms with Gasteiger partial charge < -0.3 is 10.2 Å². The molecule has 8 nitrogen and oxygen atoms in total. The predicted octanol–water partition coefficient (Wildman–Crippen LogP) is 4.13. The number of nitrogens with one attached hydrogen (secondary N) is 1. The zero-order valence-electron chi connectivity index (χ0n) is 23.6. The smallest absolute Gasteiger partial charge is 0.304 e. The van der Waals surface area contributed by atoms with Gasteiger partial charge in [0.15, 0.2) is 0 Å². The van der Waals surface area contributed by atoms with Crippen LogP contribution in [0.25, 0.3) is 0 Å². The van der Waals surface area contributed by atoms with Crippen LogP contribution in [0.4, 0.5) is 14.5 Å². The number of anilines is 1. The topological polar surface area (TPSA) is 90.0 Å². The first-order chi connectivity index (χ1) is 19.4. The Labute approximate surface area is 240 Å². The molecule has 2 unspecified atom stereocenters.